The van der Waals surface area contributed by atoms with Crippen LogP contribution in [0.3, 0.4) is 0 Å². The third-order valence-electron chi connectivity index (χ3n) is 9.43. The predicted molar refractivity (Wildman–Crippen MR) is 195 cm³/mol. The van der Waals surface area contributed by atoms with E-state index in [4.69, 9.17) is 9.47 Å². The standard InChI is InChI=1S/C41H80O4/c1-5-8-11-14-17-20-22-25-28-31-34-37-41(43)45-39(35-32-29-26-23-19-16-13-10-7-3)38(4)44-40(42)36-33-30-27-24-21-18-15-12-9-6-2/h38-39H,5-37H2,1-4H3. The molecule has 0 amide bonds. The molecular formula is C41H80O4. The second kappa shape index (κ2) is 35.8. The quantitative estimate of drug-likeness (QED) is 0.0507. The average molecular weight is 637 g/mol. The average Bonchev–Trinajstić information content (AvgIpc) is 3.03. The minimum atomic E-state index is -0.379. The van der Waals surface area contributed by atoms with Crippen LogP contribution in [-0.2, 0) is 19.1 Å². The predicted octanol–water partition coefficient (Wildman–Crippen LogP) is 13.8. The summed E-state index contributed by atoms with van der Waals surface area (Å²) in [6.07, 6.45) is 38.9. The smallest absolute Gasteiger partial charge is 0.306 e. The fraction of sp³-hybridized carbons (Fsp3) is 0.951. The maximum Gasteiger partial charge on any atom is 0.306 e. The highest BCUT2D eigenvalue weighted by atomic mass is 16.6. The Labute approximate surface area is 282 Å². The van der Waals surface area contributed by atoms with E-state index >= 15 is 0 Å². The molecule has 0 saturated carbocycles. The molecule has 268 valence electrons. The van der Waals surface area contributed by atoms with Gasteiger partial charge in [-0.05, 0) is 32.6 Å². The molecule has 2 unspecified atom stereocenters. The molecule has 45 heavy (non-hydrogen) atoms. The molecule has 4 nitrogen and oxygen atoms in total. The summed E-state index contributed by atoms with van der Waals surface area (Å²) in [6, 6.07) is 0. The number of carbonyl (C=O) groups is 2. The number of rotatable bonds is 36. The lowest BCUT2D eigenvalue weighted by Gasteiger charge is -2.24. The molecule has 0 aliphatic rings. The monoisotopic (exact) mass is 637 g/mol. The molecule has 0 aliphatic carbocycles. The molecule has 0 spiro atoms. The fourth-order valence-corrected chi connectivity index (χ4v) is 6.31. The summed E-state index contributed by atoms with van der Waals surface area (Å²) >= 11 is 0. The van der Waals surface area contributed by atoms with Crippen molar-refractivity contribution < 1.29 is 19.1 Å². The summed E-state index contributed by atoms with van der Waals surface area (Å²) in [7, 11) is 0. The molecular weight excluding hydrogens is 556 g/mol. The third kappa shape index (κ3) is 32.7. The number of esters is 2. The molecule has 0 rings (SSSR count). The maximum atomic E-state index is 12.8. The zero-order chi connectivity index (χ0) is 33.1. The van der Waals surface area contributed by atoms with E-state index in [1.807, 2.05) is 6.92 Å². The van der Waals surface area contributed by atoms with Gasteiger partial charge in [0.25, 0.3) is 0 Å². The first-order valence-electron chi connectivity index (χ1n) is 20.4. The van der Waals surface area contributed by atoms with Crippen LogP contribution in [0.15, 0.2) is 0 Å². The number of ether oxygens (including phenoxy) is 2. The summed E-state index contributed by atoms with van der Waals surface area (Å²) < 4.78 is 11.8. The Morgan fingerprint density at radius 1 is 0.378 bits per heavy atom. The van der Waals surface area contributed by atoms with Crippen molar-refractivity contribution in [1.82, 2.24) is 0 Å². The van der Waals surface area contributed by atoms with Crippen LogP contribution in [0, 0.1) is 0 Å². The molecule has 0 fully saturated rings. The Hall–Kier alpha value is -1.06. The minimum Gasteiger partial charge on any atom is -0.459 e. The van der Waals surface area contributed by atoms with Gasteiger partial charge in [-0.2, -0.15) is 0 Å². The second-order valence-corrected chi connectivity index (χ2v) is 14.1. The first-order chi connectivity index (χ1) is 22.0. The van der Waals surface area contributed by atoms with Gasteiger partial charge in [-0.3, -0.25) is 9.59 Å². The van der Waals surface area contributed by atoms with Crippen LogP contribution in [0.1, 0.15) is 240 Å². The van der Waals surface area contributed by atoms with Gasteiger partial charge in [0, 0.05) is 12.8 Å². The maximum absolute atomic E-state index is 12.8. The normalized spacial score (nSPS) is 12.7. The Morgan fingerprint density at radius 3 is 0.978 bits per heavy atom. The van der Waals surface area contributed by atoms with Gasteiger partial charge >= 0.3 is 11.9 Å². The first-order valence-corrected chi connectivity index (χ1v) is 20.4. The molecule has 0 saturated heterocycles. The number of hydrogen-bond donors (Lipinski definition) is 0. The molecule has 0 heterocycles. The van der Waals surface area contributed by atoms with Crippen molar-refractivity contribution in [3.63, 3.8) is 0 Å². The zero-order valence-electron chi connectivity index (χ0n) is 31.1. The van der Waals surface area contributed by atoms with Crippen molar-refractivity contribution in [2.24, 2.45) is 0 Å². The van der Waals surface area contributed by atoms with Crippen LogP contribution in [0.2, 0.25) is 0 Å². The van der Waals surface area contributed by atoms with Gasteiger partial charge in [0.2, 0.25) is 0 Å². The largest absolute Gasteiger partial charge is 0.459 e. The molecule has 4 heteroatoms. The molecule has 0 aromatic heterocycles. The topological polar surface area (TPSA) is 52.6 Å². The Morgan fingerprint density at radius 2 is 0.644 bits per heavy atom. The van der Waals surface area contributed by atoms with Crippen LogP contribution >= 0.6 is 0 Å². The molecule has 0 bridgehead atoms. The lowest BCUT2D eigenvalue weighted by atomic mass is 10.0. The van der Waals surface area contributed by atoms with Gasteiger partial charge in [-0.1, -0.05) is 194 Å². The SMILES string of the molecule is CCCCCCCCCCCCCC(=O)OC(CCCCCCCCCCC)C(C)OC(=O)CCCCCCCCCCCC. The van der Waals surface area contributed by atoms with Gasteiger partial charge in [-0.15, -0.1) is 0 Å². The lowest BCUT2D eigenvalue weighted by molar-refractivity contribution is -0.167. The van der Waals surface area contributed by atoms with Crippen molar-refractivity contribution >= 4 is 11.9 Å². The van der Waals surface area contributed by atoms with Crippen molar-refractivity contribution in [3.05, 3.63) is 0 Å². The molecule has 0 aliphatic heterocycles. The van der Waals surface area contributed by atoms with Gasteiger partial charge in [0.15, 0.2) is 0 Å². The fourth-order valence-electron chi connectivity index (χ4n) is 6.31. The summed E-state index contributed by atoms with van der Waals surface area (Å²) in [5, 5.41) is 0. The van der Waals surface area contributed by atoms with E-state index in [1.165, 1.54) is 154 Å². The Balaban J connectivity index is 4.33. The van der Waals surface area contributed by atoms with Crippen LogP contribution in [0.5, 0.6) is 0 Å². The van der Waals surface area contributed by atoms with Crippen molar-refractivity contribution in [1.29, 1.82) is 0 Å². The van der Waals surface area contributed by atoms with Crippen LogP contribution in [0.4, 0.5) is 0 Å². The van der Waals surface area contributed by atoms with Gasteiger partial charge in [0.1, 0.15) is 12.2 Å². The van der Waals surface area contributed by atoms with Crippen LogP contribution in [-0.4, -0.2) is 24.1 Å². The van der Waals surface area contributed by atoms with E-state index in [9.17, 15) is 9.59 Å². The van der Waals surface area contributed by atoms with Crippen LogP contribution < -0.4 is 0 Å². The van der Waals surface area contributed by atoms with Gasteiger partial charge in [0.05, 0.1) is 0 Å². The molecule has 0 aromatic carbocycles. The minimum absolute atomic E-state index is 0.121. The van der Waals surface area contributed by atoms with Gasteiger partial charge < -0.3 is 9.47 Å². The summed E-state index contributed by atoms with van der Waals surface area (Å²) in [6.45, 7) is 8.71. The Kier molecular flexibility index (Phi) is 34.9. The highest BCUT2D eigenvalue weighted by molar-refractivity contribution is 5.70. The summed E-state index contributed by atoms with van der Waals surface area (Å²) in [5.74, 6) is -0.259. The van der Waals surface area contributed by atoms with E-state index in [0.29, 0.717) is 12.8 Å². The van der Waals surface area contributed by atoms with E-state index < -0.39 is 0 Å². The molecule has 2 atom stereocenters. The molecule has 0 aromatic rings. The lowest BCUT2D eigenvalue weighted by Crippen LogP contribution is -2.33. The molecule has 0 N–H and O–H groups in total. The highest BCUT2D eigenvalue weighted by Gasteiger charge is 2.24. The van der Waals surface area contributed by atoms with E-state index in [-0.39, 0.29) is 24.1 Å². The number of unbranched alkanes of at least 4 members (excludes halogenated alkanes) is 27. The Bertz CT molecular complexity index is 619. The van der Waals surface area contributed by atoms with Crippen molar-refractivity contribution in [3.8, 4) is 0 Å². The highest BCUT2D eigenvalue weighted by Crippen LogP contribution is 2.19. The zero-order valence-corrected chi connectivity index (χ0v) is 31.1. The van der Waals surface area contributed by atoms with E-state index in [2.05, 4.69) is 20.8 Å². The number of carbonyl (C=O) groups excluding carboxylic acids is 2. The first kappa shape index (κ1) is 43.9. The van der Waals surface area contributed by atoms with Gasteiger partial charge in [-0.25, -0.2) is 0 Å². The summed E-state index contributed by atoms with van der Waals surface area (Å²) in [5.41, 5.74) is 0. The van der Waals surface area contributed by atoms with E-state index in [0.717, 1.165) is 44.9 Å². The molecule has 0 radical (unpaired) electrons. The second-order valence-electron chi connectivity index (χ2n) is 14.1. The third-order valence-corrected chi connectivity index (χ3v) is 9.43. The van der Waals surface area contributed by atoms with Crippen molar-refractivity contribution in [2.45, 2.75) is 252 Å². The van der Waals surface area contributed by atoms with E-state index in [1.54, 1.807) is 0 Å². The number of hydrogen-bond acceptors (Lipinski definition) is 4. The van der Waals surface area contributed by atoms with Crippen LogP contribution in [0.25, 0.3) is 0 Å². The van der Waals surface area contributed by atoms with Crippen molar-refractivity contribution in [2.75, 3.05) is 0 Å². The summed E-state index contributed by atoms with van der Waals surface area (Å²) in [4.78, 5) is 25.4.